The van der Waals surface area contributed by atoms with Crippen molar-refractivity contribution in [3.05, 3.63) is 34.3 Å². The number of halogens is 1. The third-order valence-corrected chi connectivity index (χ3v) is 3.68. The normalized spacial score (nSPS) is 26.2. The molecule has 2 N–H and O–H groups in total. The second kappa shape index (κ2) is 4.74. The van der Waals surface area contributed by atoms with E-state index in [1.165, 1.54) is 11.1 Å². The van der Waals surface area contributed by atoms with E-state index in [9.17, 15) is 0 Å². The molecular weight excluding hydrogens is 220 g/mol. The van der Waals surface area contributed by atoms with E-state index in [-0.39, 0.29) is 0 Å². The molecule has 0 radical (unpaired) electrons. The van der Waals surface area contributed by atoms with Crippen molar-refractivity contribution in [2.24, 2.45) is 11.7 Å². The summed E-state index contributed by atoms with van der Waals surface area (Å²) < 4.78 is 0. The van der Waals surface area contributed by atoms with Crippen LogP contribution in [0, 0.1) is 12.8 Å². The van der Waals surface area contributed by atoms with Gasteiger partial charge in [-0.25, -0.2) is 0 Å². The first-order chi connectivity index (χ1) is 7.56. The molecule has 2 nitrogen and oxygen atoms in total. The fraction of sp³-hybridized carbons (Fsp3) is 0.538. The van der Waals surface area contributed by atoms with E-state index in [0.29, 0.717) is 12.0 Å². The van der Waals surface area contributed by atoms with Crippen LogP contribution in [0.5, 0.6) is 0 Å². The Kier molecular flexibility index (Phi) is 3.53. The highest BCUT2D eigenvalue weighted by atomic mass is 35.5. The van der Waals surface area contributed by atoms with E-state index in [2.05, 4.69) is 24.8 Å². The smallest absolute Gasteiger partial charge is 0.0408 e. The summed E-state index contributed by atoms with van der Waals surface area (Å²) in [5.74, 6) is 0.604. The summed E-state index contributed by atoms with van der Waals surface area (Å²) in [7, 11) is 0. The van der Waals surface area contributed by atoms with E-state index in [1.54, 1.807) is 0 Å². The minimum Gasteiger partial charge on any atom is -0.326 e. The molecule has 2 unspecified atom stereocenters. The molecule has 1 saturated heterocycles. The van der Waals surface area contributed by atoms with E-state index in [0.717, 1.165) is 24.7 Å². The van der Waals surface area contributed by atoms with Crippen LogP contribution < -0.4 is 5.73 Å². The molecule has 1 fully saturated rings. The van der Waals surface area contributed by atoms with Crippen LogP contribution in [0.25, 0.3) is 0 Å². The van der Waals surface area contributed by atoms with Gasteiger partial charge in [-0.1, -0.05) is 24.6 Å². The minimum absolute atomic E-state index is 0.326. The van der Waals surface area contributed by atoms with Crippen LogP contribution in [-0.4, -0.2) is 24.0 Å². The largest absolute Gasteiger partial charge is 0.326 e. The molecule has 0 spiro atoms. The Morgan fingerprint density at radius 1 is 1.44 bits per heavy atom. The lowest BCUT2D eigenvalue weighted by Gasteiger charge is -2.17. The number of rotatable bonds is 2. The van der Waals surface area contributed by atoms with Crippen LogP contribution in [-0.2, 0) is 6.54 Å². The van der Waals surface area contributed by atoms with Crippen molar-refractivity contribution in [2.75, 3.05) is 13.1 Å². The molecule has 1 aliphatic rings. The highest BCUT2D eigenvalue weighted by molar-refractivity contribution is 6.30. The minimum atomic E-state index is 0.326. The van der Waals surface area contributed by atoms with Crippen molar-refractivity contribution in [2.45, 2.75) is 26.4 Å². The Morgan fingerprint density at radius 3 is 2.75 bits per heavy atom. The molecule has 1 heterocycles. The molecule has 0 saturated carbocycles. The molecule has 1 aromatic rings. The first kappa shape index (κ1) is 11.9. The average molecular weight is 239 g/mol. The van der Waals surface area contributed by atoms with Crippen LogP contribution in [0.15, 0.2) is 18.2 Å². The van der Waals surface area contributed by atoms with Gasteiger partial charge in [0.1, 0.15) is 0 Å². The van der Waals surface area contributed by atoms with E-state index < -0.39 is 0 Å². The second-order valence-electron chi connectivity index (χ2n) is 4.91. The monoisotopic (exact) mass is 238 g/mol. The molecule has 88 valence electrons. The van der Waals surface area contributed by atoms with Gasteiger partial charge in [-0.05, 0) is 36.1 Å². The summed E-state index contributed by atoms with van der Waals surface area (Å²) in [6.07, 6.45) is 0. The summed E-state index contributed by atoms with van der Waals surface area (Å²) in [5.41, 5.74) is 8.64. The fourth-order valence-electron chi connectivity index (χ4n) is 2.30. The number of hydrogen-bond donors (Lipinski definition) is 1. The van der Waals surface area contributed by atoms with Crippen LogP contribution >= 0.6 is 11.6 Å². The maximum absolute atomic E-state index is 6.02. The van der Waals surface area contributed by atoms with Crippen molar-refractivity contribution in [1.29, 1.82) is 0 Å². The van der Waals surface area contributed by atoms with Gasteiger partial charge in [0.25, 0.3) is 0 Å². The summed E-state index contributed by atoms with van der Waals surface area (Å²) in [6.45, 7) is 7.42. The van der Waals surface area contributed by atoms with Crippen molar-refractivity contribution < 1.29 is 0 Å². The fourth-order valence-corrected chi connectivity index (χ4v) is 2.53. The van der Waals surface area contributed by atoms with Gasteiger partial charge in [0.2, 0.25) is 0 Å². The van der Waals surface area contributed by atoms with Crippen LogP contribution in [0.1, 0.15) is 18.1 Å². The maximum Gasteiger partial charge on any atom is 0.0408 e. The molecule has 1 aromatic carbocycles. The van der Waals surface area contributed by atoms with Gasteiger partial charge in [0, 0.05) is 30.7 Å². The summed E-state index contributed by atoms with van der Waals surface area (Å²) >= 11 is 5.95. The lowest BCUT2D eigenvalue weighted by Crippen LogP contribution is -2.28. The van der Waals surface area contributed by atoms with E-state index >= 15 is 0 Å². The summed E-state index contributed by atoms with van der Waals surface area (Å²) in [5, 5.41) is 0.813. The van der Waals surface area contributed by atoms with Gasteiger partial charge >= 0.3 is 0 Å². The molecule has 0 amide bonds. The Hall–Kier alpha value is -0.570. The van der Waals surface area contributed by atoms with Crippen LogP contribution in [0.3, 0.4) is 0 Å². The Balaban J connectivity index is 2.05. The third kappa shape index (κ3) is 2.57. The zero-order valence-electron chi connectivity index (χ0n) is 9.91. The van der Waals surface area contributed by atoms with Crippen LogP contribution in [0.4, 0.5) is 0 Å². The summed E-state index contributed by atoms with van der Waals surface area (Å²) in [4.78, 5) is 2.42. The molecule has 2 rings (SSSR count). The number of likely N-dealkylation sites (tertiary alicyclic amines) is 1. The maximum atomic E-state index is 6.02. The molecule has 0 aromatic heterocycles. The summed E-state index contributed by atoms with van der Waals surface area (Å²) in [6, 6.07) is 6.43. The number of nitrogens with zero attached hydrogens (tertiary/aromatic N) is 1. The molecule has 16 heavy (non-hydrogen) atoms. The zero-order valence-corrected chi connectivity index (χ0v) is 10.7. The molecular formula is C13H19ClN2. The van der Waals surface area contributed by atoms with Gasteiger partial charge < -0.3 is 5.73 Å². The Bertz CT molecular complexity index is 368. The molecule has 1 aliphatic heterocycles. The van der Waals surface area contributed by atoms with Gasteiger partial charge in [-0.3, -0.25) is 4.90 Å². The predicted molar refractivity (Wildman–Crippen MR) is 68.6 cm³/mol. The highest BCUT2D eigenvalue weighted by Crippen LogP contribution is 2.21. The molecule has 2 atom stereocenters. The second-order valence-corrected chi connectivity index (χ2v) is 5.34. The van der Waals surface area contributed by atoms with Crippen molar-refractivity contribution in [1.82, 2.24) is 4.90 Å². The van der Waals surface area contributed by atoms with Crippen molar-refractivity contribution >= 4 is 11.6 Å². The number of benzene rings is 1. The highest BCUT2D eigenvalue weighted by Gasteiger charge is 2.26. The number of hydrogen-bond acceptors (Lipinski definition) is 2. The zero-order chi connectivity index (χ0) is 11.7. The van der Waals surface area contributed by atoms with Gasteiger partial charge in [0.05, 0.1) is 0 Å². The predicted octanol–water partition coefficient (Wildman–Crippen LogP) is 2.43. The van der Waals surface area contributed by atoms with E-state index in [4.69, 9.17) is 17.3 Å². The first-order valence-corrected chi connectivity index (χ1v) is 6.17. The quantitative estimate of drug-likeness (QED) is 0.858. The van der Waals surface area contributed by atoms with Crippen molar-refractivity contribution in [3.63, 3.8) is 0 Å². The Labute approximate surface area is 102 Å². The first-order valence-electron chi connectivity index (χ1n) is 5.79. The van der Waals surface area contributed by atoms with Gasteiger partial charge in [-0.2, -0.15) is 0 Å². The topological polar surface area (TPSA) is 29.3 Å². The van der Waals surface area contributed by atoms with Gasteiger partial charge in [-0.15, -0.1) is 0 Å². The third-order valence-electron chi connectivity index (χ3n) is 3.44. The number of aryl methyl sites for hydroxylation is 1. The SMILES string of the molecule is Cc1cc(Cl)ccc1CN1CC(C)C(N)C1. The Morgan fingerprint density at radius 2 is 2.19 bits per heavy atom. The number of nitrogens with two attached hydrogens (primary N) is 1. The average Bonchev–Trinajstić information content (AvgIpc) is 2.51. The molecule has 3 heteroatoms. The lowest BCUT2D eigenvalue weighted by molar-refractivity contribution is 0.318. The van der Waals surface area contributed by atoms with E-state index in [1.807, 2.05) is 12.1 Å². The lowest BCUT2D eigenvalue weighted by atomic mass is 10.1. The van der Waals surface area contributed by atoms with Gasteiger partial charge in [0.15, 0.2) is 0 Å². The van der Waals surface area contributed by atoms with Crippen LogP contribution in [0.2, 0.25) is 5.02 Å². The molecule has 0 bridgehead atoms. The van der Waals surface area contributed by atoms with Crippen molar-refractivity contribution in [3.8, 4) is 0 Å². The standard InChI is InChI=1S/C13H19ClN2/c1-9-5-12(14)4-3-11(9)7-16-6-10(2)13(15)8-16/h3-5,10,13H,6-8,15H2,1-2H3. The molecule has 0 aliphatic carbocycles.